The molecule has 2 N–H and O–H groups in total. The highest BCUT2D eigenvalue weighted by Crippen LogP contribution is 1.91. The van der Waals surface area contributed by atoms with E-state index < -0.39 is 0 Å². The van der Waals surface area contributed by atoms with Gasteiger partial charge in [0.05, 0.1) is 0 Å². The fraction of sp³-hybridized carbons (Fsp3) is 1.00. The Balaban J connectivity index is -0.0000000406. The Morgan fingerprint density at radius 3 is 0.195 bits per heavy atom. The van der Waals surface area contributed by atoms with Crippen LogP contribution in [0.15, 0.2) is 0 Å². The molecule has 0 saturated heterocycles. The average molecular weight is 595 g/mol. The lowest BCUT2D eigenvalue weighted by atomic mass is 10.3. The minimum absolute atomic E-state index is 0. The molecular formula is C40H98O. The van der Waals surface area contributed by atoms with Gasteiger partial charge in [-0.25, -0.2) is 0 Å². The summed E-state index contributed by atoms with van der Waals surface area (Å²) in [6, 6.07) is 0. The van der Waals surface area contributed by atoms with Gasteiger partial charge in [-0.2, -0.15) is 0 Å². The molecule has 0 aliphatic rings. The summed E-state index contributed by atoms with van der Waals surface area (Å²) in [5, 5.41) is 0. The molecule has 0 aliphatic carbocycles. The number of hydrogen-bond acceptors (Lipinski definition) is 0. The molecule has 264 valence electrons. The molecule has 0 saturated carbocycles. The number of rotatable bonds is 16. The first-order valence-corrected chi connectivity index (χ1v) is 19.3. The van der Waals surface area contributed by atoms with Gasteiger partial charge in [-0.1, -0.05) is 265 Å². The van der Waals surface area contributed by atoms with Crippen LogP contribution in [0.1, 0.15) is 265 Å². The Morgan fingerprint density at radius 2 is 0.195 bits per heavy atom. The average Bonchev–Trinajstić information content (AvgIpc) is 2.95. The molecule has 0 atom stereocenters. The predicted octanol–water partition coefficient (Wildman–Crippen LogP) is 16.7. The van der Waals surface area contributed by atoms with Gasteiger partial charge >= 0.3 is 0 Å². The number of hydrogen-bond donors (Lipinski definition) is 0. The third-order valence-corrected chi connectivity index (χ3v) is 5.66. The summed E-state index contributed by atoms with van der Waals surface area (Å²) in [5.74, 6) is 0. The van der Waals surface area contributed by atoms with Crippen molar-refractivity contribution in [3.8, 4) is 0 Å². The fourth-order valence-corrected chi connectivity index (χ4v) is 2.83. The van der Waals surface area contributed by atoms with Crippen molar-refractivity contribution < 1.29 is 5.48 Å². The first-order valence-electron chi connectivity index (χ1n) is 19.3. The minimum atomic E-state index is 0. The van der Waals surface area contributed by atoms with Crippen molar-refractivity contribution in [2.45, 2.75) is 265 Å². The van der Waals surface area contributed by atoms with E-state index in [-0.39, 0.29) is 5.48 Å². The van der Waals surface area contributed by atoms with E-state index in [1.165, 1.54) is 154 Å². The summed E-state index contributed by atoms with van der Waals surface area (Å²) in [5.41, 5.74) is 0. The Morgan fingerprint density at radius 1 is 0.146 bits per heavy atom. The van der Waals surface area contributed by atoms with Crippen LogP contribution in [0.3, 0.4) is 0 Å². The zero-order chi connectivity index (χ0) is 33.0. The van der Waals surface area contributed by atoms with Crippen LogP contribution >= 0.6 is 0 Å². The van der Waals surface area contributed by atoms with Crippen molar-refractivity contribution in [2.75, 3.05) is 0 Å². The van der Waals surface area contributed by atoms with Gasteiger partial charge in [-0.15, -0.1) is 0 Å². The van der Waals surface area contributed by atoms with Crippen molar-refractivity contribution in [3.05, 3.63) is 0 Å². The van der Waals surface area contributed by atoms with Gasteiger partial charge in [0.2, 0.25) is 0 Å². The molecule has 0 rings (SSSR count). The Kier molecular flexibility index (Phi) is 165. The number of unbranched alkanes of at least 4 members (excludes halogenated alkanes) is 16. The standard InChI is InChI=1S/8C5H12.H2O/c8*1-3-5-4-2;/h8*3-5H2,1-2H3;1H2. The second-order valence-electron chi connectivity index (χ2n) is 10.8. The summed E-state index contributed by atoms with van der Waals surface area (Å²) in [4.78, 5) is 0. The largest absolute Gasteiger partial charge is 0.412 e. The molecule has 0 aromatic heterocycles. The lowest BCUT2D eigenvalue weighted by Crippen LogP contribution is -1.59. The molecule has 41 heavy (non-hydrogen) atoms. The van der Waals surface area contributed by atoms with Crippen LogP contribution < -0.4 is 0 Å². The molecule has 0 aromatic carbocycles. The van der Waals surface area contributed by atoms with Crippen LogP contribution in [0, 0.1) is 0 Å². The molecular weight excluding hydrogens is 496 g/mol. The molecule has 1 nitrogen and oxygen atoms in total. The van der Waals surface area contributed by atoms with Crippen LogP contribution in [-0.4, -0.2) is 5.48 Å². The van der Waals surface area contributed by atoms with Gasteiger partial charge in [0.15, 0.2) is 0 Å². The van der Waals surface area contributed by atoms with Gasteiger partial charge in [-0.05, 0) is 0 Å². The van der Waals surface area contributed by atoms with E-state index >= 15 is 0 Å². The molecule has 0 aliphatic heterocycles. The van der Waals surface area contributed by atoms with E-state index in [1.54, 1.807) is 0 Å². The SMILES string of the molecule is CCCCC.CCCCC.CCCCC.CCCCC.CCCCC.CCCCC.CCCCC.CCCCC.O. The van der Waals surface area contributed by atoms with Crippen molar-refractivity contribution in [1.82, 2.24) is 0 Å². The highest BCUT2D eigenvalue weighted by Gasteiger charge is 1.71. The van der Waals surface area contributed by atoms with E-state index in [9.17, 15) is 0 Å². The fourth-order valence-electron chi connectivity index (χ4n) is 2.83. The van der Waals surface area contributed by atoms with Crippen LogP contribution in [0.5, 0.6) is 0 Å². The molecule has 0 radical (unpaired) electrons. The van der Waals surface area contributed by atoms with Gasteiger partial charge in [-0.3, -0.25) is 0 Å². The van der Waals surface area contributed by atoms with E-state index in [2.05, 4.69) is 111 Å². The Labute approximate surface area is 269 Å². The predicted molar refractivity (Wildman–Crippen MR) is 205 cm³/mol. The van der Waals surface area contributed by atoms with Crippen molar-refractivity contribution in [1.29, 1.82) is 0 Å². The van der Waals surface area contributed by atoms with E-state index in [1.807, 2.05) is 0 Å². The third kappa shape index (κ3) is 226. The van der Waals surface area contributed by atoms with Gasteiger partial charge in [0.25, 0.3) is 0 Å². The summed E-state index contributed by atoms with van der Waals surface area (Å²) in [6.07, 6.45) is 32.6. The topological polar surface area (TPSA) is 31.5 Å². The minimum Gasteiger partial charge on any atom is -0.412 e. The van der Waals surface area contributed by atoms with E-state index in [4.69, 9.17) is 0 Å². The van der Waals surface area contributed by atoms with Crippen LogP contribution in [0.4, 0.5) is 0 Å². The summed E-state index contributed by atoms with van der Waals surface area (Å²) >= 11 is 0. The highest BCUT2D eigenvalue weighted by molar-refractivity contribution is 4.27. The van der Waals surface area contributed by atoms with E-state index in [0.29, 0.717) is 0 Å². The van der Waals surface area contributed by atoms with Gasteiger partial charge in [0, 0.05) is 0 Å². The van der Waals surface area contributed by atoms with Crippen molar-refractivity contribution in [2.24, 2.45) is 0 Å². The second-order valence-corrected chi connectivity index (χ2v) is 10.8. The maximum Gasteiger partial charge on any atom is -0.0538 e. The summed E-state index contributed by atoms with van der Waals surface area (Å²) in [7, 11) is 0. The molecule has 0 amide bonds. The summed E-state index contributed by atoms with van der Waals surface area (Å²) in [6.45, 7) is 35.4. The monoisotopic (exact) mass is 595 g/mol. The quantitative estimate of drug-likeness (QED) is 0.170. The van der Waals surface area contributed by atoms with Gasteiger partial charge < -0.3 is 5.48 Å². The van der Waals surface area contributed by atoms with Crippen LogP contribution in [0.2, 0.25) is 0 Å². The molecule has 0 aromatic rings. The molecule has 0 unspecified atom stereocenters. The third-order valence-electron chi connectivity index (χ3n) is 5.66. The molecule has 0 spiro atoms. The normalized spacial score (nSPS) is 8.20. The molecule has 0 fully saturated rings. The lowest BCUT2D eigenvalue weighted by molar-refractivity contribution is 0.772. The lowest BCUT2D eigenvalue weighted by Gasteiger charge is -1.79. The molecule has 1 heteroatoms. The Bertz CT molecular complexity index is 139. The molecule has 0 bridgehead atoms. The van der Waals surface area contributed by atoms with Crippen LogP contribution in [0.25, 0.3) is 0 Å². The van der Waals surface area contributed by atoms with E-state index in [0.717, 1.165) is 0 Å². The highest BCUT2D eigenvalue weighted by atomic mass is 16.0. The maximum absolute atomic E-state index is 2.21. The smallest absolute Gasteiger partial charge is 0.0538 e. The maximum atomic E-state index is 2.21. The van der Waals surface area contributed by atoms with Crippen LogP contribution in [-0.2, 0) is 0 Å². The summed E-state index contributed by atoms with van der Waals surface area (Å²) < 4.78 is 0. The van der Waals surface area contributed by atoms with Crippen molar-refractivity contribution in [3.63, 3.8) is 0 Å². The zero-order valence-corrected chi connectivity index (χ0v) is 33.5. The second kappa shape index (κ2) is 106. The first kappa shape index (κ1) is 64.0. The van der Waals surface area contributed by atoms with Crippen molar-refractivity contribution >= 4 is 0 Å². The first-order chi connectivity index (χ1) is 19.3. The van der Waals surface area contributed by atoms with Gasteiger partial charge in [0.1, 0.15) is 0 Å². The molecule has 0 heterocycles. The zero-order valence-electron chi connectivity index (χ0n) is 33.5. The Hall–Kier alpha value is -0.0400.